The Labute approximate surface area is 97.0 Å². The van der Waals surface area contributed by atoms with Crippen molar-refractivity contribution in [2.45, 2.75) is 19.9 Å². The molecule has 2 atom stereocenters. The summed E-state index contributed by atoms with van der Waals surface area (Å²) in [6, 6.07) is 10.4. The third-order valence-corrected chi connectivity index (χ3v) is 2.57. The van der Waals surface area contributed by atoms with Gasteiger partial charge < -0.3 is 10.1 Å². The van der Waals surface area contributed by atoms with Crippen LogP contribution in [0.3, 0.4) is 0 Å². The average molecular weight is 218 g/mol. The average Bonchev–Trinajstić information content (AvgIpc) is 2.35. The monoisotopic (exact) mass is 218 g/mol. The van der Waals surface area contributed by atoms with Crippen molar-refractivity contribution in [2.75, 3.05) is 13.7 Å². The molecule has 0 aliphatic rings. The SMILES string of the molecule is COc1ccc([C@@H](C)NCC(C)C#N)cc1. The van der Waals surface area contributed by atoms with Crippen LogP contribution in [0.25, 0.3) is 0 Å². The maximum absolute atomic E-state index is 8.68. The highest BCUT2D eigenvalue weighted by Gasteiger charge is 2.06. The van der Waals surface area contributed by atoms with Gasteiger partial charge in [-0.1, -0.05) is 12.1 Å². The maximum atomic E-state index is 8.68. The quantitative estimate of drug-likeness (QED) is 0.826. The number of rotatable bonds is 5. The number of hydrogen-bond acceptors (Lipinski definition) is 3. The van der Waals surface area contributed by atoms with Crippen LogP contribution in [0.1, 0.15) is 25.5 Å². The minimum Gasteiger partial charge on any atom is -0.497 e. The Morgan fingerprint density at radius 3 is 2.44 bits per heavy atom. The largest absolute Gasteiger partial charge is 0.497 e. The molecule has 0 spiro atoms. The summed E-state index contributed by atoms with van der Waals surface area (Å²) in [6.45, 7) is 4.71. The summed E-state index contributed by atoms with van der Waals surface area (Å²) >= 11 is 0. The van der Waals surface area contributed by atoms with Crippen LogP contribution in [-0.2, 0) is 0 Å². The molecule has 0 aliphatic carbocycles. The van der Waals surface area contributed by atoms with Crippen LogP contribution in [0.4, 0.5) is 0 Å². The molecule has 16 heavy (non-hydrogen) atoms. The van der Waals surface area contributed by atoms with Gasteiger partial charge in [-0.2, -0.15) is 5.26 Å². The number of nitrogens with one attached hydrogen (secondary N) is 1. The molecule has 0 amide bonds. The third-order valence-electron chi connectivity index (χ3n) is 2.57. The molecule has 0 bridgehead atoms. The van der Waals surface area contributed by atoms with Gasteiger partial charge in [-0.25, -0.2) is 0 Å². The predicted octanol–water partition coefficient (Wildman–Crippen LogP) is 2.51. The second kappa shape index (κ2) is 6.14. The Morgan fingerprint density at radius 2 is 1.94 bits per heavy atom. The fourth-order valence-electron chi connectivity index (χ4n) is 1.41. The van der Waals surface area contributed by atoms with Gasteiger partial charge in [0.1, 0.15) is 5.75 Å². The number of nitriles is 1. The minimum atomic E-state index is 0.0423. The van der Waals surface area contributed by atoms with Gasteiger partial charge in [0.25, 0.3) is 0 Å². The van der Waals surface area contributed by atoms with Crippen LogP contribution in [-0.4, -0.2) is 13.7 Å². The number of benzene rings is 1. The molecule has 1 unspecified atom stereocenters. The van der Waals surface area contributed by atoms with Gasteiger partial charge in [-0.15, -0.1) is 0 Å². The second-order valence-corrected chi connectivity index (χ2v) is 3.93. The number of ether oxygens (including phenoxy) is 1. The molecule has 3 nitrogen and oxygen atoms in total. The Morgan fingerprint density at radius 1 is 1.31 bits per heavy atom. The first-order valence-electron chi connectivity index (χ1n) is 5.44. The zero-order chi connectivity index (χ0) is 12.0. The molecular formula is C13H18N2O. The molecule has 0 aromatic heterocycles. The lowest BCUT2D eigenvalue weighted by molar-refractivity contribution is 0.414. The summed E-state index contributed by atoms with van der Waals surface area (Å²) < 4.78 is 5.10. The highest BCUT2D eigenvalue weighted by Crippen LogP contribution is 2.17. The molecular weight excluding hydrogens is 200 g/mol. The Kier molecular flexibility index (Phi) is 4.81. The van der Waals surface area contributed by atoms with Crippen LogP contribution < -0.4 is 10.1 Å². The van der Waals surface area contributed by atoms with E-state index in [1.54, 1.807) is 7.11 Å². The first-order chi connectivity index (χ1) is 7.67. The fraction of sp³-hybridized carbons (Fsp3) is 0.462. The summed E-state index contributed by atoms with van der Waals surface area (Å²) in [7, 11) is 1.66. The van der Waals surface area contributed by atoms with E-state index in [9.17, 15) is 0 Å². The smallest absolute Gasteiger partial charge is 0.118 e. The Balaban J connectivity index is 2.53. The number of methoxy groups -OCH3 is 1. The van der Waals surface area contributed by atoms with Gasteiger partial charge in [-0.3, -0.25) is 0 Å². The lowest BCUT2D eigenvalue weighted by Crippen LogP contribution is -2.23. The molecule has 86 valence electrons. The van der Waals surface area contributed by atoms with E-state index in [-0.39, 0.29) is 12.0 Å². The lowest BCUT2D eigenvalue weighted by Gasteiger charge is -2.15. The highest BCUT2D eigenvalue weighted by molar-refractivity contribution is 5.28. The van der Waals surface area contributed by atoms with Crippen molar-refractivity contribution in [3.05, 3.63) is 29.8 Å². The molecule has 0 fully saturated rings. The molecule has 0 aliphatic heterocycles. The summed E-state index contributed by atoms with van der Waals surface area (Å²) in [6.07, 6.45) is 0. The molecule has 0 radical (unpaired) electrons. The van der Waals surface area contributed by atoms with Crippen LogP contribution in [0.5, 0.6) is 5.75 Å². The summed E-state index contributed by atoms with van der Waals surface area (Å²) in [5, 5.41) is 12.0. The van der Waals surface area contributed by atoms with Gasteiger partial charge in [0.15, 0.2) is 0 Å². The molecule has 0 heterocycles. The lowest BCUT2D eigenvalue weighted by atomic mass is 10.1. The molecule has 1 aromatic carbocycles. The van der Waals surface area contributed by atoms with E-state index >= 15 is 0 Å². The Hall–Kier alpha value is -1.53. The normalized spacial score (nSPS) is 13.9. The number of hydrogen-bond donors (Lipinski definition) is 1. The topological polar surface area (TPSA) is 45.0 Å². The highest BCUT2D eigenvalue weighted by atomic mass is 16.5. The zero-order valence-electron chi connectivity index (χ0n) is 10.0. The van der Waals surface area contributed by atoms with Crippen molar-refractivity contribution in [1.29, 1.82) is 5.26 Å². The van der Waals surface area contributed by atoms with Crippen molar-refractivity contribution >= 4 is 0 Å². The van der Waals surface area contributed by atoms with Crippen LogP contribution in [0.2, 0.25) is 0 Å². The van der Waals surface area contributed by atoms with Crippen LogP contribution in [0.15, 0.2) is 24.3 Å². The van der Waals surface area contributed by atoms with E-state index in [0.717, 1.165) is 5.75 Å². The Bertz CT molecular complexity index is 353. The molecule has 3 heteroatoms. The van der Waals surface area contributed by atoms with Gasteiger partial charge in [0, 0.05) is 12.6 Å². The van der Waals surface area contributed by atoms with E-state index < -0.39 is 0 Å². The first kappa shape index (κ1) is 12.5. The predicted molar refractivity (Wildman–Crippen MR) is 64.2 cm³/mol. The van der Waals surface area contributed by atoms with Crippen molar-refractivity contribution in [3.63, 3.8) is 0 Å². The van der Waals surface area contributed by atoms with Crippen LogP contribution in [0, 0.1) is 17.2 Å². The third kappa shape index (κ3) is 3.56. The summed E-state index contributed by atoms with van der Waals surface area (Å²) in [5.41, 5.74) is 1.20. The first-order valence-corrected chi connectivity index (χ1v) is 5.44. The van der Waals surface area contributed by atoms with Crippen molar-refractivity contribution in [3.8, 4) is 11.8 Å². The van der Waals surface area contributed by atoms with Gasteiger partial charge in [0.2, 0.25) is 0 Å². The summed E-state index contributed by atoms with van der Waals surface area (Å²) in [4.78, 5) is 0. The molecule has 1 rings (SSSR count). The molecule has 1 N–H and O–H groups in total. The molecule has 1 aromatic rings. The molecule has 0 saturated heterocycles. The van der Waals surface area contributed by atoms with Crippen molar-refractivity contribution < 1.29 is 4.74 Å². The van der Waals surface area contributed by atoms with E-state index in [4.69, 9.17) is 10.00 Å². The maximum Gasteiger partial charge on any atom is 0.118 e. The zero-order valence-corrected chi connectivity index (χ0v) is 10.0. The van der Waals surface area contributed by atoms with Crippen molar-refractivity contribution in [1.82, 2.24) is 5.32 Å². The van der Waals surface area contributed by atoms with Gasteiger partial charge in [-0.05, 0) is 31.5 Å². The van der Waals surface area contributed by atoms with Crippen molar-refractivity contribution in [2.24, 2.45) is 5.92 Å². The van der Waals surface area contributed by atoms with E-state index in [1.807, 2.05) is 31.2 Å². The van der Waals surface area contributed by atoms with Gasteiger partial charge in [0.05, 0.1) is 19.1 Å². The van der Waals surface area contributed by atoms with E-state index in [2.05, 4.69) is 18.3 Å². The molecule has 0 saturated carbocycles. The minimum absolute atomic E-state index is 0.0423. The summed E-state index contributed by atoms with van der Waals surface area (Å²) in [5.74, 6) is 0.905. The van der Waals surface area contributed by atoms with E-state index in [1.165, 1.54) is 5.56 Å². The van der Waals surface area contributed by atoms with Gasteiger partial charge >= 0.3 is 0 Å². The standard InChI is InChI=1S/C13H18N2O/c1-10(8-14)9-15-11(2)12-4-6-13(16-3)7-5-12/h4-7,10-11,15H,9H2,1-3H3/t10?,11-/m1/s1. The van der Waals surface area contributed by atoms with E-state index in [0.29, 0.717) is 6.54 Å². The number of nitrogens with zero attached hydrogens (tertiary/aromatic N) is 1. The fourth-order valence-corrected chi connectivity index (χ4v) is 1.41. The van der Waals surface area contributed by atoms with Crippen LogP contribution >= 0.6 is 0 Å². The second-order valence-electron chi connectivity index (χ2n) is 3.93.